The lowest BCUT2D eigenvalue weighted by atomic mass is 10.2. The largest absolute Gasteiger partial charge is 0.289 e. The maximum atomic E-state index is 3.40. The number of hydrogen-bond acceptors (Lipinski definition) is 2. The van der Waals surface area contributed by atoms with Crippen molar-refractivity contribution < 1.29 is 0 Å². The molecule has 0 fully saturated rings. The van der Waals surface area contributed by atoms with Gasteiger partial charge in [0, 0.05) is 17.6 Å². The van der Waals surface area contributed by atoms with Gasteiger partial charge in [-0.1, -0.05) is 30.0 Å². The van der Waals surface area contributed by atoms with Gasteiger partial charge in [0.25, 0.3) is 0 Å². The molecule has 17 heavy (non-hydrogen) atoms. The van der Waals surface area contributed by atoms with Crippen LogP contribution in [0.5, 0.6) is 0 Å². The lowest BCUT2D eigenvalue weighted by Crippen LogP contribution is -2.47. The fourth-order valence-electron chi connectivity index (χ4n) is 1.48. The second-order valence-electron chi connectivity index (χ2n) is 4.71. The zero-order chi connectivity index (χ0) is 12.7. The van der Waals surface area contributed by atoms with Crippen molar-refractivity contribution in [2.75, 3.05) is 0 Å². The number of hydrogen-bond donors (Lipinski definition) is 2. The van der Waals surface area contributed by atoms with Gasteiger partial charge in [-0.15, -0.1) is 0 Å². The van der Waals surface area contributed by atoms with Crippen LogP contribution in [-0.4, -0.2) is 18.2 Å². The highest BCUT2D eigenvalue weighted by Crippen LogP contribution is 1.95. The second kappa shape index (κ2) is 7.11. The summed E-state index contributed by atoms with van der Waals surface area (Å²) in [5.74, 6) is 6.41. The minimum Gasteiger partial charge on any atom is -0.289 e. The molecule has 0 amide bonds. The fraction of sp³-hybridized carbons (Fsp3) is 0.467. The Bertz CT molecular complexity index is 361. The first-order chi connectivity index (χ1) is 8.08. The van der Waals surface area contributed by atoms with Gasteiger partial charge >= 0.3 is 0 Å². The van der Waals surface area contributed by atoms with Crippen LogP contribution in [0.1, 0.15) is 33.3 Å². The summed E-state index contributed by atoms with van der Waals surface area (Å²) in [6.07, 6.45) is 0.0372. The summed E-state index contributed by atoms with van der Waals surface area (Å²) in [7, 11) is 0. The van der Waals surface area contributed by atoms with Gasteiger partial charge in [-0.05, 0) is 39.8 Å². The highest BCUT2D eigenvalue weighted by molar-refractivity contribution is 5.34. The predicted octanol–water partition coefficient (Wildman–Crippen LogP) is 2.36. The molecule has 0 heterocycles. The molecule has 0 aliphatic heterocycles. The Hall–Kier alpha value is -1.30. The van der Waals surface area contributed by atoms with Crippen LogP contribution in [0.15, 0.2) is 30.3 Å². The summed E-state index contributed by atoms with van der Waals surface area (Å²) >= 11 is 0. The van der Waals surface area contributed by atoms with Crippen LogP contribution in [0.3, 0.4) is 0 Å². The Morgan fingerprint density at radius 3 is 1.88 bits per heavy atom. The van der Waals surface area contributed by atoms with Crippen molar-refractivity contribution in [3.05, 3.63) is 35.9 Å². The van der Waals surface area contributed by atoms with E-state index in [1.54, 1.807) is 0 Å². The van der Waals surface area contributed by atoms with E-state index in [0.29, 0.717) is 12.1 Å². The molecule has 0 aromatic heterocycles. The third kappa shape index (κ3) is 6.11. The maximum absolute atomic E-state index is 3.40. The van der Waals surface area contributed by atoms with E-state index in [1.165, 1.54) is 0 Å². The van der Waals surface area contributed by atoms with E-state index in [4.69, 9.17) is 0 Å². The zero-order valence-corrected chi connectivity index (χ0v) is 11.1. The Labute approximate surface area is 105 Å². The molecule has 0 aliphatic carbocycles. The van der Waals surface area contributed by atoms with E-state index in [9.17, 15) is 0 Å². The van der Waals surface area contributed by atoms with Gasteiger partial charge in [-0.3, -0.25) is 10.6 Å². The van der Waals surface area contributed by atoms with Crippen LogP contribution in [-0.2, 0) is 0 Å². The first-order valence-electron chi connectivity index (χ1n) is 6.16. The zero-order valence-electron chi connectivity index (χ0n) is 11.1. The van der Waals surface area contributed by atoms with Crippen LogP contribution in [0.4, 0.5) is 0 Å². The first kappa shape index (κ1) is 13.8. The van der Waals surface area contributed by atoms with E-state index in [-0.39, 0.29) is 6.17 Å². The minimum atomic E-state index is 0.0372. The average Bonchev–Trinajstić information content (AvgIpc) is 2.26. The molecule has 1 aromatic rings. The molecule has 0 aliphatic rings. The molecule has 2 N–H and O–H groups in total. The van der Waals surface area contributed by atoms with Crippen molar-refractivity contribution in [2.45, 2.75) is 45.9 Å². The van der Waals surface area contributed by atoms with Crippen LogP contribution < -0.4 is 10.6 Å². The van der Waals surface area contributed by atoms with Gasteiger partial charge in [-0.2, -0.15) is 0 Å². The standard InChI is InChI=1S/C15H22N2/c1-12(2)16-15(17-13(3)4)11-10-14-8-6-5-7-9-14/h5-9,12-13,15-17H,1-4H3. The Morgan fingerprint density at radius 1 is 0.882 bits per heavy atom. The first-order valence-corrected chi connectivity index (χ1v) is 6.16. The topological polar surface area (TPSA) is 24.1 Å². The van der Waals surface area contributed by atoms with Gasteiger partial charge in [0.2, 0.25) is 0 Å². The van der Waals surface area contributed by atoms with Crippen molar-refractivity contribution in [2.24, 2.45) is 0 Å². The van der Waals surface area contributed by atoms with Crippen molar-refractivity contribution in [3.63, 3.8) is 0 Å². The molecular weight excluding hydrogens is 208 g/mol. The molecule has 92 valence electrons. The highest BCUT2D eigenvalue weighted by Gasteiger charge is 2.06. The molecule has 0 spiro atoms. The lowest BCUT2D eigenvalue weighted by Gasteiger charge is -2.19. The molecular formula is C15H22N2. The summed E-state index contributed by atoms with van der Waals surface area (Å²) in [6, 6.07) is 10.9. The Balaban J connectivity index is 2.68. The smallest absolute Gasteiger partial charge is 0.122 e. The summed E-state index contributed by atoms with van der Waals surface area (Å²) in [6.45, 7) is 8.50. The fourth-order valence-corrected chi connectivity index (χ4v) is 1.48. The molecule has 0 saturated carbocycles. The van der Waals surface area contributed by atoms with Crippen molar-refractivity contribution in [1.29, 1.82) is 0 Å². The normalized spacial score (nSPS) is 10.8. The molecule has 0 bridgehead atoms. The van der Waals surface area contributed by atoms with Gasteiger partial charge in [0.15, 0.2) is 0 Å². The molecule has 1 rings (SSSR count). The molecule has 2 heteroatoms. The maximum Gasteiger partial charge on any atom is 0.122 e. The summed E-state index contributed by atoms with van der Waals surface area (Å²) in [5.41, 5.74) is 1.05. The summed E-state index contributed by atoms with van der Waals surface area (Å²) in [4.78, 5) is 0. The van der Waals surface area contributed by atoms with Crippen LogP contribution >= 0.6 is 0 Å². The van der Waals surface area contributed by atoms with Gasteiger partial charge in [0.1, 0.15) is 6.17 Å². The third-order valence-electron chi connectivity index (χ3n) is 2.13. The van der Waals surface area contributed by atoms with Gasteiger partial charge < -0.3 is 0 Å². The highest BCUT2D eigenvalue weighted by atomic mass is 15.1. The monoisotopic (exact) mass is 230 g/mol. The predicted molar refractivity (Wildman–Crippen MR) is 73.7 cm³/mol. The third-order valence-corrected chi connectivity index (χ3v) is 2.13. The molecule has 0 saturated heterocycles. The van der Waals surface area contributed by atoms with E-state index in [0.717, 1.165) is 5.56 Å². The Kier molecular flexibility index (Phi) is 5.76. The molecule has 0 atom stereocenters. The van der Waals surface area contributed by atoms with Crippen LogP contribution in [0, 0.1) is 11.8 Å². The summed E-state index contributed by atoms with van der Waals surface area (Å²) < 4.78 is 0. The average molecular weight is 230 g/mol. The van der Waals surface area contributed by atoms with Crippen LogP contribution in [0.2, 0.25) is 0 Å². The Morgan fingerprint density at radius 2 is 1.41 bits per heavy atom. The van der Waals surface area contributed by atoms with Crippen molar-refractivity contribution in [1.82, 2.24) is 10.6 Å². The van der Waals surface area contributed by atoms with Crippen molar-refractivity contribution in [3.8, 4) is 11.8 Å². The number of benzene rings is 1. The lowest BCUT2D eigenvalue weighted by molar-refractivity contribution is 0.430. The van der Waals surface area contributed by atoms with Gasteiger partial charge in [-0.25, -0.2) is 0 Å². The quantitative estimate of drug-likeness (QED) is 0.613. The van der Waals surface area contributed by atoms with Crippen LogP contribution in [0.25, 0.3) is 0 Å². The number of nitrogens with one attached hydrogen (secondary N) is 2. The van der Waals surface area contributed by atoms with Gasteiger partial charge in [0.05, 0.1) is 0 Å². The second-order valence-corrected chi connectivity index (χ2v) is 4.71. The van der Waals surface area contributed by atoms with E-state index in [1.807, 2.05) is 30.3 Å². The minimum absolute atomic E-state index is 0.0372. The molecule has 2 nitrogen and oxygen atoms in total. The molecule has 0 radical (unpaired) electrons. The molecule has 0 unspecified atom stereocenters. The molecule has 1 aromatic carbocycles. The summed E-state index contributed by atoms with van der Waals surface area (Å²) in [5, 5.41) is 6.79. The SMILES string of the molecule is CC(C)NC(C#Cc1ccccc1)NC(C)C. The van der Waals surface area contributed by atoms with Crippen molar-refractivity contribution >= 4 is 0 Å². The van der Waals surface area contributed by atoms with E-state index in [2.05, 4.69) is 50.2 Å². The number of rotatable bonds is 4. The van der Waals surface area contributed by atoms with E-state index < -0.39 is 0 Å². The van der Waals surface area contributed by atoms with E-state index >= 15 is 0 Å².